The molecule has 23 heavy (non-hydrogen) atoms. The van der Waals surface area contributed by atoms with Gasteiger partial charge in [0, 0.05) is 26.1 Å². The van der Waals surface area contributed by atoms with Gasteiger partial charge in [-0.15, -0.1) is 0 Å². The van der Waals surface area contributed by atoms with Gasteiger partial charge in [0.15, 0.2) is 0 Å². The molecule has 1 saturated carbocycles. The van der Waals surface area contributed by atoms with Crippen LogP contribution in [0.3, 0.4) is 0 Å². The fourth-order valence-corrected chi connectivity index (χ4v) is 3.56. The van der Waals surface area contributed by atoms with Crippen LogP contribution in [0.2, 0.25) is 0 Å². The Morgan fingerprint density at radius 3 is 2.87 bits per heavy atom. The van der Waals surface area contributed by atoms with E-state index in [1.54, 1.807) is 7.11 Å². The predicted molar refractivity (Wildman–Crippen MR) is 92.8 cm³/mol. The van der Waals surface area contributed by atoms with Crippen LogP contribution < -0.4 is 15.0 Å². The summed E-state index contributed by atoms with van der Waals surface area (Å²) in [5.74, 6) is 3.02. The number of methoxy groups -OCH3 is 1. The number of para-hydroxylation sites is 2. The zero-order valence-electron chi connectivity index (χ0n) is 14.3. The molecule has 3 rings (SSSR count). The van der Waals surface area contributed by atoms with E-state index < -0.39 is 0 Å². The second-order valence-electron chi connectivity index (χ2n) is 7.10. The molecule has 0 aromatic heterocycles. The second kappa shape index (κ2) is 7.24. The summed E-state index contributed by atoms with van der Waals surface area (Å²) in [6, 6.07) is 8.16. The Morgan fingerprint density at radius 1 is 1.35 bits per heavy atom. The van der Waals surface area contributed by atoms with Crippen LogP contribution in [0.25, 0.3) is 0 Å². The molecule has 126 valence electrons. The molecule has 2 atom stereocenters. The van der Waals surface area contributed by atoms with Crippen LogP contribution in [0.5, 0.6) is 5.75 Å². The number of hydrogen-bond donors (Lipinski definition) is 1. The van der Waals surface area contributed by atoms with Crippen molar-refractivity contribution in [3.8, 4) is 5.75 Å². The lowest BCUT2D eigenvalue weighted by Gasteiger charge is -2.21. The summed E-state index contributed by atoms with van der Waals surface area (Å²) < 4.78 is 5.45. The maximum Gasteiger partial charge on any atom is 0.220 e. The summed E-state index contributed by atoms with van der Waals surface area (Å²) in [6.07, 6.45) is 4.43. The highest BCUT2D eigenvalue weighted by Crippen LogP contribution is 2.38. The Hall–Kier alpha value is -1.71. The maximum absolute atomic E-state index is 12.0. The minimum Gasteiger partial charge on any atom is -0.495 e. The Labute approximate surface area is 139 Å². The van der Waals surface area contributed by atoms with Gasteiger partial charge in [-0.2, -0.15) is 0 Å². The number of nitrogens with one attached hydrogen (secondary N) is 1. The number of amides is 1. The highest BCUT2D eigenvalue weighted by Gasteiger charge is 2.30. The second-order valence-corrected chi connectivity index (χ2v) is 7.10. The lowest BCUT2D eigenvalue weighted by atomic mass is 10.0. The quantitative estimate of drug-likeness (QED) is 0.840. The average molecular weight is 316 g/mol. The van der Waals surface area contributed by atoms with Crippen LogP contribution in [0.4, 0.5) is 5.69 Å². The van der Waals surface area contributed by atoms with Gasteiger partial charge < -0.3 is 15.0 Å². The molecule has 2 fully saturated rings. The first kappa shape index (κ1) is 16.2. The molecule has 0 radical (unpaired) electrons. The van der Waals surface area contributed by atoms with Crippen LogP contribution >= 0.6 is 0 Å². The van der Waals surface area contributed by atoms with E-state index in [2.05, 4.69) is 23.2 Å². The molecular formula is C19H28N2O2. The Balaban J connectivity index is 1.45. The van der Waals surface area contributed by atoms with Crippen molar-refractivity contribution in [2.24, 2.45) is 17.8 Å². The molecule has 1 aromatic carbocycles. The largest absolute Gasteiger partial charge is 0.495 e. The molecular weight excluding hydrogens is 288 g/mol. The molecule has 0 bridgehead atoms. The molecule has 2 aliphatic rings. The number of ether oxygens (including phenoxy) is 1. The van der Waals surface area contributed by atoms with Crippen LogP contribution in [-0.2, 0) is 4.79 Å². The SMILES string of the molecule is COc1ccccc1N1CC[C@H](CNC(=O)C[C@H](C)C2CC2)C1. The zero-order chi connectivity index (χ0) is 16.2. The Morgan fingerprint density at radius 2 is 2.13 bits per heavy atom. The first-order chi connectivity index (χ1) is 11.2. The van der Waals surface area contributed by atoms with E-state index in [1.165, 1.54) is 12.8 Å². The molecule has 0 unspecified atom stereocenters. The van der Waals surface area contributed by atoms with E-state index in [4.69, 9.17) is 4.74 Å². The van der Waals surface area contributed by atoms with Crippen molar-refractivity contribution in [3.63, 3.8) is 0 Å². The number of carbonyl (C=O) groups is 1. The van der Waals surface area contributed by atoms with Crippen molar-refractivity contribution < 1.29 is 9.53 Å². The number of benzene rings is 1. The topological polar surface area (TPSA) is 41.6 Å². The molecule has 1 N–H and O–H groups in total. The minimum atomic E-state index is 0.222. The van der Waals surface area contributed by atoms with Crippen LogP contribution in [0.15, 0.2) is 24.3 Å². The van der Waals surface area contributed by atoms with E-state index >= 15 is 0 Å². The summed E-state index contributed by atoms with van der Waals surface area (Å²) in [4.78, 5) is 14.4. The van der Waals surface area contributed by atoms with Gasteiger partial charge in [0.25, 0.3) is 0 Å². The number of nitrogens with zero attached hydrogens (tertiary/aromatic N) is 1. The number of hydrogen-bond acceptors (Lipinski definition) is 3. The third-order valence-electron chi connectivity index (χ3n) is 5.23. The van der Waals surface area contributed by atoms with Crippen molar-refractivity contribution in [3.05, 3.63) is 24.3 Å². The monoisotopic (exact) mass is 316 g/mol. The lowest BCUT2D eigenvalue weighted by Crippen LogP contribution is -2.32. The Kier molecular flexibility index (Phi) is 5.09. The standard InChI is InChI=1S/C19H28N2O2/c1-14(16-7-8-16)11-19(22)20-12-15-9-10-21(13-15)17-5-3-4-6-18(17)23-2/h3-6,14-16H,7-13H2,1-2H3,(H,20,22)/t14-,15+/m0/s1. The first-order valence-electron chi connectivity index (χ1n) is 8.82. The summed E-state index contributed by atoms with van der Waals surface area (Å²) in [5.41, 5.74) is 1.16. The van der Waals surface area contributed by atoms with Gasteiger partial charge in [-0.3, -0.25) is 4.79 Å². The molecule has 1 aromatic rings. The molecule has 1 heterocycles. The molecule has 4 nitrogen and oxygen atoms in total. The van der Waals surface area contributed by atoms with E-state index in [1.807, 2.05) is 18.2 Å². The summed E-state index contributed by atoms with van der Waals surface area (Å²) in [6.45, 7) is 5.01. The maximum atomic E-state index is 12.0. The van der Waals surface area contributed by atoms with Crippen molar-refractivity contribution in [2.45, 2.75) is 32.6 Å². The molecule has 0 spiro atoms. The normalized spacial score (nSPS) is 22.0. The summed E-state index contributed by atoms with van der Waals surface area (Å²) in [7, 11) is 1.72. The smallest absolute Gasteiger partial charge is 0.220 e. The van der Waals surface area contributed by atoms with Crippen LogP contribution in [0, 0.1) is 17.8 Å². The third-order valence-corrected chi connectivity index (χ3v) is 5.23. The number of anilines is 1. The molecule has 1 aliphatic heterocycles. The van der Waals surface area contributed by atoms with E-state index in [0.717, 1.165) is 43.4 Å². The minimum absolute atomic E-state index is 0.222. The predicted octanol–water partition coefficient (Wildman–Crippen LogP) is 3.07. The average Bonchev–Trinajstić information content (AvgIpc) is 3.32. The fourth-order valence-electron chi connectivity index (χ4n) is 3.56. The molecule has 1 aliphatic carbocycles. The van der Waals surface area contributed by atoms with Gasteiger partial charge in [0.1, 0.15) is 5.75 Å². The lowest BCUT2D eigenvalue weighted by molar-refractivity contribution is -0.122. The highest BCUT2D eigenvalue weighted by atomic mass is 16.5. The van der Waals surface area contributed by atoms with Crippen LogP contribution in [-0.4, -0.2) is 32.7 Å². The van der Waals surface area contributed by atoms with E-state index in [9.17, 15) is 4.79 Å². The van der Waals surface area contributed by atoms with Gasteiger partial charge in [0.2, 0.25) is 5.91 Å². The fraction of sp³-hybridized carbons (Fsp3) is 0.632. The van der Waals surface area contributed by atoms with Crippen molar-refractivity contribution in [1.82, 2.24) is 5.32 Å². The van der Waals surface area contributed by atoms with Gasteiger partial charge in [0.05, 0.1) is 12.8 Å². The third kappa shape index (κ3) is 4.18. The van der Waals surface area contributed by atoms with Gasteiger partial charge in [-0.05, 0) is 49.1 Å². The van der Waals surface area contributed by atoms with Crippen LogP contribution in [0.1, 0.15) is 32.6 Å². The molecule has 4 heteroatoms. The van der Waals surface area contributed by atoms with Crippen molar-refractivity contribution in [2.75, 3.05) is 31.6 Å². The van der Waals surface area contributed by atoms with Gasteiger partial charge >= 0.3 is 0 Å². The molecule has 1 amide bonds. The zero-order valence-corrected chi connectivity index (χ0v) is 14.3. The van der Waals surface area contributed by atoms with Crippen molar-refractivity contribution in [1.29, 1.82) is 0 Å². The number of carbonyl (C=O) groups excluding carboxylic acids is 1. The first-order valence-corrected chi connectivity index (χ1v) is 8.82. The van der Waals surface area contributed by atoms with Gasteiger partial charge in [-0.25, -0.2) is 0 Å². The Bertz CT molecular complexity index is 542. The summed E-state index contributed by atoms with van der Waals surface area (Å²) in [5, 5.41) is 3.14. The van der Waals surface area contributed by atoms with E-state index in [0.29, 0.717) is 18.3 Å². The van der Waals surface area contributed by atoms with Gasteiger partial charge in [-0.1, -0.05) is 19.1 Å². The summed E-state index contributed by atoms with van der Waals surface area (Å²) >= 11 is 0. The highest BCUT2D eigenvalue weighted by molar-refractivity contribution is 5.76. The van der Waals surface area contributed by atoms with Crippen molar-refractivity contribution >= 4 is 11.6 Å². The van der Waals surface area contributed by atoms with E-state index in [-0.39, 0.29) is 5.91 Å². The number of rotatable bonds is 7. The molecule has 1 saturated heterocycles.